The first-order chi connectivity index (χ1) is 16.0. The first-order valence-electron chi connectivity index (χ1n) is 10.6. The summed E-state index contributed by atoms with van der Waals surface area (Å²) in [6.45, 7) is 2.27. The molecule has 0 aliphatic heterocycles. The lowest BCUT2D eigenvalue weighted by atomic mass is 9.97. The van der Waals surface area contributed by atoms with Gasteiger partial charge < -0.3 is 15.6 Å². The molecule has 1 amide bonds. The Morgan fingerprint density at radius 2 is 1.73 bits per heavy atom. The SMILES string of the molecule is Cc1ccccc1C(OCC(O)Cn1nnc(-c2ccc(C(N)=O)cc2)n1)c1ccccc1. The molecule has 0 spiro atoms. The molecule has 3 aromatic carbocycles. The van der Waals surface area contributed by atoms with E-state index in [0.717, 1.165) is 16.7 Å². The number of carbonyl (C=O) groups excluding carboxylic acids is 1. The van der Waals surface area contributed by atoms with E-state index < -0.39 is 12.0 Å². The van der Waals surface area contributed by atoms with Crippen molar-refractivity contribution in [2.75, 3.05) is 6.61 Å². The van der Waals surface area contributed by atoms with Crippen LogP contribution in [-0.4, -0.2) is 43.9 Å². The Morgan fingerprint density at radius 3 is 2.42 bits per heavy atom. The molecule has 0 fully saturated rings. The summed E-state index contributed by atoms with van der Waals surface area (Å²) in [4.78, 5) is 12.5. The van der Waals surface area contributed by atoms with E-state index in [9.17, 15) is 9.90 Å². The van der Waals surface area contributed by atoms with Gasteiger partial charge in [0.05, 0.1) is 19.3 Å². The molecule has 2 unspecified atom stereocenters. The van der Waals surface area contributed by atoms with Crippen molar-refractivity contribution in [3.05, 3.63) is 101 Å². The first kappa shape index (κ1) is 22.3. The van der Waals surface area contributed by atoms with E-state index in [-0.39, 0.29) is 19.3 Å². The van der Waals surface area contributed by atoms with Gasteiger partial charge in [-0.15, -0.1) is 10.2 Å². The summed E-state index contributed by atoms with van der Waals surface area (Å²) in [5.41, 5.74) is 9.55. The molecule has 8 heteroatoms. The van der Waals surface area contributed by atoms with Crippen LogP contribution in [0, 0.1) is 6.92 Å². The lowest BCUT2D eigenvalue weighted by Crippen LogP contribution is -2.25. The number of aromatic nitrogens is 4. The van der Waals surface area contributed by atoms with Gasteiger partial charge in [-0.05, 0) is 41.0 Å². The number of rotatable bonds is 9. The maximum absolute atomic E-state index is 11.2. The Balaban J connectivity index is 1.42. The molecule has 1 heterocycles. The van der Waals surface area contributed by atoms with E-state index in [2.05, 4.69) is 15.4 Å². The van der Waals surface area contributed by atoms with Crippen molar-refractivity contribution < 1.29 is 14.6 Å². The number of hydrogen-bond acceptors (Lipinski definition) is 6. The van der Waals surface area contributed by atoms with Gasteiger partial charge in [0, 0.05) is 11.1 Å². The first-order valence-corrected chi connectivity index (χ1v) is 10.6. The molecule has 4 rings (SSSR count). The van der Waals surface area contributed by atoms with E-state index in [1.807, 2.05) is 61.5 Å². The second-order valence-electron chi connectivity index (χ2n) is 7.74. The van der Waals surface area contributed by atoms with Crippen molar-refractivity contribution >= 4 is 5.91 Å². The Morgan fingerprint density at radius 1 is 1.03 bits per heavy atom. The second-order valence-corrected chi connectivity index (χ2v) is 7.74. The number of hydrogen-bond donors (Lipinski definition) is 2. The molecule has 168 valence electrons. The standard InChI is InChI=1S/C25H25N5O3/c1-17-7-5-6-10-22(17)23(18-8-3-2-4-9-18)33-16-21(31)15-30-28-25(27-29-30)20-13-11-19(12-14-20)24(26)32/h2-14,21,23,31H,15-16H2,1H3,(H2,26,32). The summed E-state index contributed by atoms with van der Waals surface area (Å²) in [7, 11) is 0. The van der Waals surface area contributed by atoms with E-state index in [0.29, 0.717) is 17.0 Å². The number of amides is 1. The van der Waals surface area contributed by atoms with Crippen LogP contribution in [0.15, 0.2) is 78.9 Å². The number of aliphatic hydroxyl groups excluding tert-OH is 1. The van der Waals surface area contributed by atoms with Crippen molar-refractivity contribution in [3.8, 4) is 11.4 Å². The molecule has 0 saturated heterocycles. The lowest BCUT2D eigenvalue weighted by Gasteiger charge is -2.22. The number of carbonyl (C=O) groups is 1. The molecule has 0 bridgehead atoms. The van der Waals surface area contributed by atoms with E-state index in [4.69, 9.17) is 10.5 Å². The van der Waals surface area contributed by atoms with Gasteiger partial charge in [0.2, 0.25) is 11.7 Å². The molecule has 0 saturated carbocycles. The number of nitrogens with two attached hydrogens (primary N) is 1. The highest BCUT2D eigenvalue weighted by Gasteiger charge is 2.19. The maximum Gasteiger partial charge on any atom is 0.248 e. The molecule has 0 aliphatic carbocycles. The fourth-order valence-electron chi connectivity index (χ4n) is 3.54. The smallest absolute Gasteiger partial charge is 0.248 e. The Kier molecular flexibility index (Phi) is 6.87. The van der Waals surface area contributed by atoms with Crippen LogP contribution in [0.1, 0.15) is 33.2 Å². The Hall–Kier alpha value is -3.88. The molecule has 0 aliphatic rings. The van der Waals surface area contributed by atoms with Gasteiger partial charge in [-0.2, -0.15) is 4.80 Å². The van der Waals surface area contributed by atoms with Crippen LogP contribution in [0.3, 0.4) is 0 Å². The maximum atomic E-state index is 11.2. The molecule has 1 aromatic heterocycles. The summed E-state index contributed by atoms with van der Waals surface area (Å²) >= 11 is 0. The van der Waals surface area contributed by atoms with Crippen molar-refractivity contribution in [2.24, 2.45) is 5.73 Å². The molecule has 4 aromatic rings. The molecule has 2 atom stereocenters. The molecule has 0 radical (unpaired) electrons. The van der Waals surface area contributed by atoms with Crippen molar-refractivity contribution in [1.82, 2.24) is 20.2 Å². The van der Waals surface area contributed by atoms with Gasteiger partial charge in [-0.25, -0.2) is 0 Å². The normalized spacial score (nSPS) is 12.9. The topological polar surface area (TPSA) is 116 Å². The zero-order chi connectivity index (χ0) is 23.2. The molecular formula is C25H25N5O3. The molecule has 33 heavy (non-hydrogen) atoms. The van der Waals surface area contributed by atoms with E-state index in [1.54, 1.807) is 24.3 Å². The number of ether oxygens (including phenoxy) is 1. The zero-order valence-corrected chi connectivity index (χ0v) is 18.2. The minimum absolute atomic E-state index is 0.0953. The minimum atomic E-state index is -0.834. The van der Waals surface area contributed by atoms with Crippen molar-refractivity contribution in [1.29, 1.82) is 0 Å². The Bertz CT molecular complexity index is 1210. The summed E-state index contributed by atoms with van der Waals surface area (Å²) in [6.07, 6.45) is -1.13. The van der Waals surface area contributed by atoms with Gasteiger partial charge in [0.1, 0.15) is 6.10 Å². The highest BCUT2D eigenvalue weighted by atomic mass is 16.5. The van der Waals surface area contributed by atoms with Gasteiger partial charge in [0.15, 0.2) is 0 Å². The summed E-state index contributed by atoms with van der Waals surface area (Å²) in [5, 5.41) is 22.9. The van der Waals surface area contributed by atoms with Crippen molar-refractivity contribution in [2.45, 2.75) is 25.7 Å². The predicted molar refractivity (Wildman–Crippen MR) is 123 cm³/mol. The second kappa shape index (κ2) is 10.2. The van der Waals surface area contributed by atoms with Gasteiger partial charge in [-0.3, -0.25) is 4.79 Å². The molecule has 8 nitrogen and oxygen atoms in total. The van der Waals surface area contributed by atoms with Crippen LogP contribution >= 0.6 is 0 Å². The number of aryl methyl sites for hydroxylation is 1. The molecule has 3 N–H and O–H groups in total. The fourth-order valence-corrected chi connectivity index (χ4v) is 3.54. The minimum Gasteiger partial charge on any atom is -0.389 e. The number of tetrazole rings is 1. The predicted octanol–water partition coefficient (Wildman–Crippen LogP) is 2.91. The summed E-state index contributed by atoms with van der Waals surface area (Å²) in [6, 6.07) is 24.6. The van der Waals surface area contributed by atoms with Crippen LogP contribution in [-0.2, 0) is 11.3 Å². The van der Waals surface area contributed by atoms with E-state index >= 15 is 0 Å². The highest BCUT2D eigenvalue weighted by molar-refractivity contribution is 5.93. The highest BCUT2D eigenvalue weighted by Crippen LogP contribution is 2.28. The monoisotopic (exact) mass is 443 g/mol. The average molecular weight is 444 g/mol. The summed E-state index contributed by atoms with van der Waals surface area (Å²) < 4.78 is 6.17. The van der Waals surface area contributed by atoms with Gasteiger partial charge in [0.25, 0.3) is 0 Å². The van der Waals surface area contributed by atoms with Crippen LogP contribution in [0.4, 0.5) is 0 Å². The number of benzene rings is 3. The van der Waals surface area contributed by atoms with E-state index in [1.165, 1.54) is 4.80 Å². The molecular weight excluding hydrogens is 418 g/mol. The largest absolute Gasteiger partial charge is 0.389 e. The number of primary amides is 1. The van der Waals surface area contributed by atoms with Gasteiger partial charge in [-0.1, -0.05) is 66.7 Å². The van der Waals surface area contributed by atoms with Crippen LogP contribution in [0.2, 0.25) is 0 Å². The zero-order valence-electron chi connectivity index (χ0n) is 18.2. The van der Waals surface area contributed by atoms with Crippen LogP contribution in [0.5, 0.6) is 0 Å². The van der Waals surface area contributed by atoms with Crippen molar-refractivity contribution in [3.63, 3.8) is 0 Å². The number of aliphatic hydroxyl groups is 1. The number of nitrogens with zero attached hydrogens (tertiary/aromatic N) is 4. The van der Waals surface area contributed by atoms with Crippen LogP contribution in [0.25, 0.3) is 11.4 Å². The fraction of sp³-hybridized carbons (Fsp3) is 0.200. The third-order valence-corrected chi connectivity index (χ3v) is 5.28. The average Bonchev–Trinajstić information content (AvgIpc) is 3.29. The lowest BCUT2D eigenvalue weighted by molar-refractivity contribution is -0.00387. The Labute approximate surface area is 191 Å². The summed E-state index contributed by atoms with van der Waals surface area (Å²) in [5.74, 6) is -0.109. The third kappa shape index (κ3) is 5.49. The van der Waals surface area contributed by atoms with Crippen LogP contribution < -0.4 is 5.73 Å². The van der Waals surface area contributed by atoms with Gasteiger partial charge >= 0.3 is 0 Å². The third-order valence-electron chi connectivity index (χ3n) is 5.28. The quantitative estimate of drug-likeness (QED) is 0.411.